The molecule has 0 saturated heterocycles. The van der Waals surface area contributed by atoms with E-state index in [-0.39, 0.29) is 5.91 Å². The Kier molecular flexibility index (Phi) is 4.56. The van der Waals surface area contributed by atoms with E-state index in [4.69, 9.17) is 0 Å². The monoisotopic (exact) mass is 247 g/mol. The molecule has 1 aliphatic carbocycles. The number of carbonyl (C=O) groups is 1. The Labute approximate surface area is 108 Å². The standard InChI is InChI=1S/C14H21N3O/c1-2-8-15-12-7-9-16-13(10-12)14(18)17-11-5-3-4-6-11/h7,9-11H,2-6,8H2,1H3,(H,15,16)(H,17,18). The van der Waals surface area contributed by atoms with Crippen LogP contribution < -0.4 is 10.6 Å². The van der Waals surface area contributed by atoms with Crippen molar-refractivity contribution in [2.45, 2.75) is 45.1 Å². The van der Waals surface area contributed by atoms with Crippen molar-refractivity contribution in [3.8, 4) is 0 Å². The second-order valence-corrected chi connectivity index (χ2v) is 4.81. The fourth-order valence-corrected chi connectivity index (χ4v) is 2.26. The third-order valence-corrected chi connectivity index (χ3v) is 3.26. The van der Waals surface area contributed by atoms with Gasteiger partial charge in [-0.15, -0.1) is 0 Å². The number of anilines is 1. The lowest BCUT2D eigenvalue weighted by Crippen LogP contribution is -2.33. The third-order valence-electron chi connectivity index (χ3n) is 3.26. The topological polar surface area (TPSA) is 54.0 Å². The lowest BCUT2D eigenvalue weighted by Gasteiger charge is -2.12. The highest BCUT2D eigenvalue weighted by atomic mass is 16.1. The summed E-state index contributed by atoms with van der Waals surface area (Å²) in [5, 5.41) is 6.31. The van der Waals surface area contributed by atoms with Crippen LogP contribution in [0.5, 0.6) is 0 Å². The molecule has 1 fully saturated rings. The van der Waals surface area contributed by atoms with E-state index in [2.05, 4.69) is 22.5 Å². The summed E-state index contributed by atoms with van der Waals surface area (Å²) in [6, 6.07) is 4.05. The van der Waals surface area contributed by atoms with Crippen molar-refractivity contribution >= 4 is 11.6 Å². The average molecular weight is 247 g/mol. The van der Waals surface area contributed by atoms with E-state index in [1.165, 1.54) is 12.8 Å². The molecule has 0 bridgehead atoms. The maximum atomic E-state index is 12.0. The Hall–Kier alpha value is -1.58. The normalized spacial score (nSPS) is 15.6. The second-order valence-electron chi connectivity index (χ2n) is 4.81. The van der Waals surface area contributed by atoms with Gasteiger partial charge in [0.1, 0.15) is 5.69 Å². The van der Waals surface area contributed by atoms with Crippen LogP contribution >= 0.6 is 0 Å². The van der Waals surface area contributed by atoms with Gasteiger partial charge < -0.3 is 10.6 Å². The van der Waals surface area contributed by atoms with Crippen molar-refractivity contribution in [3.05, 3.63) is 24.0 Å². The second kappa shape index (κ2) is 6.38. The molecule has 1 aromatic rings. The molecule has 1 aromatic heterocycles. The quantitative estimate of drug-likeness (QED) is 0.840. The highest BCUT2D eigenvalue weighted by Crippen LogP contribution is 2.18. The minimum absolute atomic E-state index is 0.0537. The van der Waals surface area contributed by atoms with Gasteiger partial charge in [-0.25, -0.2) is 0 Å². The predicted molar refractivity (Wildman–Crippen MR) is 72.7 cm³/mol. The summed E-state index contributed by atoms with van der Waals surface area (Å²) in [5.41, 5.74) is 1.46. The van der Waals surface area contributed by atoms with Crippen molar-refractivity contribution in [3.63, 3.8) is 0 Å². The summed E-state index contributed by atoms with van der Waals surface area (Å²) in [4.78, 5) is 16.2. The Morgan fingerprint density at radius 3 is 2.94 bits per heavy atom. The highest BCUT2D eigenvalue weighted by Gasteiger charge is 2.18. The van der Waals surface area contributed by atoms with Gasteiger partial charge >= 0.3 is 0 Å². The molecule has 18 heavy (non-hydrogen) atoms. The molecule has 1 heterocycles. The van der Waals surface area contributed by atoms with E-state index in [1.54, 1.807) is 6.20 Å². The van der Waals surface area contributed by atoms with Crippen LogP contribution in [0.1, 0.15) is 49.5 Å². The van der Waals surface area contributed by atoms with Crippen LogP contribution in [0.3, 0.4) is 0 Å². The first-order valence-electron chi connectivity index (χ1n) is 6.80. The maximum absolute atomic E-state index is 12.0. The molecule has 4 heteroatoms. The Bertz CT molecular complexity index is 400. The number of aromatic nitrogens is 1. The largest absolute Gasteiger partial charge is 0.385 e. The first-order chi connectivity index (χ1) is 8.79. The van der Waals surface area contributed by atoms with Gasteiger partial charge in [0, 0.05) is 24.5 Å². The number of amides is 1. The van der Waals surface area contributed by atoms with Crippen LogP contribution in [0.15, 0.2) is 18.3 Å². The molecular weight excluding hydrogens is 226 g/mol. The van der Waals surface area contributed by atoms with Gasteiger partial charge in [0.15, 0.2) is 0 Å². The van der Waals surface area contributed by atoms with Crippen molar-refractivity contribution in [1.82, 2.24) is 10.3 Å². The Balaban J connectivity index is 1.96. The predicted octanol–water partition coefficient (Wildman–Crippen LogP) is 2.58. The van der Waals surface area contributed by atoms with Gasteiger partial charge in [0.05, 0.1) is 0 Å². The minimum Gasteiger partial charge on any atom is -0.385 e. The molecule has 1 aliphatic rings. The van der Waals surface area contributed by atoms with Crippen LogP contribution in [-0.2, 0) is 0 Å². The SMILES string of the molecule is CCCNc1ccnc(C(=O)NC2CCCC2)c1. The Morgan fingerprint density at radius 1 is 1.44 bits per heavy atom. The molecule has 4 nitrogen and oxygen atoms in total. The number of nitrogens with one attached hydrogen (secondary N) is 2. The van der Waals surface area contributed by atoms with Gasteiger partial charge in [0.2, 0.25) is 0 Å². The fraction of sp³-hybridized carbons (Fsp3) is 0.571. The van der Waals surface area contributed by atoms with E-state index in [9.17, 15) is 4.79 Å². The fourth-order valence-electron chi connectivity index (χ4n) is 2.26. The van der Waals surface area contributed by atoms with Gasteiger partial charge in [-0.05, 0) is 31.4 Å². The Morgan fingerprint density at radius 2 is 2.22 bits per heavy atom. The van der Waals surface area contributed by atoms with E-state index in [0.29, 0.717) is 11.7 Å². The summed E-state index contributed by atoms with van der Waals surface area (Å²) < 4.78 is 0. The van der Waals surface area contributed by atoms with E-state index >= 15 is 0 Å². The average Bonchev–Trinajstić information content (AvgIpc) is 2.89. The zero-order chi connectivity index (χ0) is 12.8. The molecule has 0 radical (unpaired) electrons. The van der Waals surface area contributed by atoms with Gasteiger partial charge in [0.25, 0.3) is 5.91 Å². The van der Waals surface area contributed by atoms with Crippen LogP contribution in [0.2, 0.25) is 0 Å². The molecule has 2 rings (SSSR count). The number of hydrogen-bond acceptors (Lipinski definition) is 3. The van der Waals surface area contributed by atoms with Crippen molar-refractivity contribution in [1.29, 1.82) is 0 Å². The van der Waals surface area contributed by atoms with Gasteiger partial charge in [-0.2, -0.15) is 0 Å². The number of hydrogen-bond donors (Lipinski definition) is 2. The third kappa shape index (κ3) is 3.45. The molecule has 0 unspecified atom stereocenters. The highest BCUT2D eigenvalue weighted by molar-refractivity contribution is 5.93. The molecular formula is C14H21N3O. The number of pyridine rings is 1. The molecule has 0 aliphatic heterocycles. The smallest absolute Gasteiger partial charge is 0.270 e. The minimum atomic E-state index is -0.0537. The maximum Gasteiger partial charge on any atom is 0.270 e. The molecule has 1 amide bonds. The number of nitrogens with zero attached hydrogens (tertiary/aromatic N) is 1. The molecule has 1 saturated carbocycles. The van der Waals surface area contributed by atoms with Crippen LogP contribution in [0.4, 0.5) is 5.69 Å². The van der Waals surface area contributed by atoms with E-state index < -0.39 is 0 Å². The van der Waals surface area contributed by atoms with Gasteiger partial charge in [-0.1, -0.05) is 19.8 Å². The van der Waals surface area contributed by atoms with Crippen molar-refractivity contribution in [2.75, 3.05) is 11.9 Å². The first-order valence-corrected chi connectivity index (χ1v) is 6.80. The van der Waals surface area contributed by atoms with Crippen LogP contribution in [-0.4, -0.2) is 23.5 Å². The summed E-state index contributed by atoms with van der Waals surface area (Å²) in [6.45, 7) is 3.02. The lowest BCUT2D eigenvalue weighted by molar-refractivity contribution is 0.0933. The summed E-state index contributed by atoms with van der Waals surface area (Å²) in [6.07, 6.45) is 7.37. The zero-order valence-corrected chi connectivity index (χ0v) is 10.9. The number of carbonyl (C=O) groups excluding carboxylic acids is 1. The molecule has 98 valence electrons. The zero-order valence-electron chi connectivity index (χ0n) is 10.9. The van der Waals surface area contributed by atoms with E-state index in [1.807, 2.05) is 12.1 Å². The summed E-state index contributed by atoms with van der Waals surface area (Å²) >= 11 is 0. The summed E-state index contributed by atoms with van der Waals surface area (Å²) in [5.74, 6) is -0.0537. The van der Waals surface area contributed by atoms with Crippen LogP contribution in [0, 0.1) is 0 Å². The lowest BCUT2D eigenvalue weighted by atomic mass is 10.2. The van der Waals surface area contributed by atoms with E-state index in [0.717, 1.165) is 31.5 Å². The molecule has 0 aromatic carbocycles. The molecule has 0 atom stereocenters. The van der Waals surface area contributed by atoms with Gasteiger partial charge in [-0.3, -0.25) is 9.78 Å². The summed E-state index contributed by atoms with van der Waals surface area (Å²) in [7, 11) is 0. The number of rotatable bonds is 5. The molecule has 2 N–H and O–H groups in total. The molecule has 0 spiro atoms. The first kappa shape index (κ1) is 12.9. The van der Waals surface area contributed by atoms with Crippen LogP contribution in [0.25, 0.3) is 0 Å². The van der Waals surface area contributed by atoms with Crippen molar-refractivity contribution < 1.29 is 4.79 Å². The van der Waals surface area contributed by atoms with Crippen molar-refractivity contribution in [2.24, 2.45) is 0 Å².